The summed E-state index contributed by atoms with van der Waals surface area (Å²) in [6.45, 7) is 1.13. The molecule has 3 rings (SSSR count). The maximum atomic E-state index is 13.0. The number of nitrogens with one attached hydrogen (secondary N) is 1. The van der Waals surface area contributed by atoms with Crippen LogP contribution in [0.15, 0.2) is 48.5 Å². The number of amides is 1. The lowest BCUT2D eigenvalue weighted by atomic mass is 9.97. The van der Waals surface area contributed by atoms with Gasteiger partial charge < -0.3 is 5.32 Å². The molecular weight excluding hydrogens is 410 g/mol. The van der Waals surface area contributed by atoms with Crippen LogP contribution in [0.2, 0.25) is 0 Å². The molecule has 0 saturated carbocycles. The number of nitrogens with zero attached hydrogens (tertiary/aromatic N) is 1. The van der Waals surface area contributed by atoms with Gasteiger partial charge in [-0.3, -0.25) is 4.79 Å². The van der Waals surface area contributed by atoms with Gasteiger partial charge in [-0.25, -0.2) is 21.5 Å². The lowest BCUT2D eigenvalue weighted by molar-refractivity contribution is -0.126. The molecule has 30 heavy (non-hydrogen) atoms. The highest BCUT2D eigenvalue weighted by Gasteiger charge is 2.31. The van der Waals surface area contributed by atoms with Crippen LogP contribution in [-0.4, -0.2) is 38.3 Å². The minimum atomic E-state index is -3.50. The molecule has 1 amide bonds. The van der Waals surface area contributed by atoms with E-state index in [0.29, 0.717) is 38.0 Å². The van der Waals surface area contributed by atoms with Crippen LogP contribution in [0.3, 0.4) is 0 Å². The number of benzene rings is 2. The van der Waals surface area contributed by atoms with Crippen molar-refractivity contribution in [1.82, 2.24) is 9.62 Å². The van der Waals surface area contributed by atoms with Crippen molar-refractivity contribution >= 4 is 15.9 Å². The second kappa shape index (κ2) is 10.1. The molecule has 0 bridgehead atoms. The Kier molecular flexibility index (Phi) is 7.55. The molecule has 1 N–H and O–H groups in total. The third-order valence-electron chi connectivity index (χ3n) is 5.34. The van der Waals surface area contributed by atoms with Crippen molar-refractivity contribution in [3.63, 3.8) is 0 Å². The Labute approximate surface area is 176 Å². The summed E-state index contributed by atoms with van der Waals surface area (Å²) in [4.78, 5) is 12.4. The molecule has 2 aromatic carbocycles. The molecule has 2 aromatic rings. The molecule has 5 nitrogen and oxygen atoms in total. The number of rotatable bonds is 8. The van der Waals surface area contributed by atoms with Crippen LogP contribution >= 0.6 is 0 Å². The fourth-order valence-electron chi connectivity index (χ4n) is 3.58. The standard InChI is InChI=1S/C22H26F2N2O3S/c23-20-7-3-17(4-8-20)2-1-13-25-22(27)19-11-14-26(15-12-19)30(28,29)16-18-5-9-21(24)10-6-18/h3-10,19H,1-2,11-16H2,(H,25,27). The fraction of sp³-hybridized carbons (Fsp3) is 0.409. The van der Waals surface area contributed by atoms with Gasteiger partial charge in [-0.1, -0.05) is 24.3 Å². The lowest BCUT2D eigenvalue weighted by Crippen LogP contribution is -2.43. The minimum Gasteiger partial charge on any atom is -0.356 e. The second-order valence-corrected chi connectivity index (χ2v) is 9.55. The summed E-state index contributed by atoms with van der Waals surface area (Å²) in [5.41, 5.74) is 1.56. The first-order valence-corrected chi connectivity index (χ1v) is 11.7. The van der Waals surface area contributed by atoms with Crippen molar-refractivity contribution in [2.75, 3.05) is 19.6 Å². The Morgan fingerprint density at radius 1 is 0.933 bits per heavy atom. The molecule has 1 saturated heterocycles. The Morgan fingerprint density at radius 3 is 2.03 bits per heavy atom. The Morgan fingerprint density at radius 2 is 1.47 bits per heavy atom. The van der Waals surface area contributed by atoms with E-state index in [1.165, 1.54) is 40.7 Å². The van der Waals surface area contributed by atoms with Crippen LogP contribution in [-0.2, 0) is 27.0 Å². The first-order chi connectivity index (χ1) is 14.3. The average Bonchev–Trinajstić information content (AvgIpc) is 2.74. The maximum Gasteiger partial charge on any atom is 0.223 e. The van der Waals surface area contributed by atoms with Crippen molar-refractivity contribution in [2.45, 2.75) is 31.4 Å². The van der Waals surface area contributed by atoms with E-state index in [-0.39, 0.29) is 23.4 Å². The summed E-state index contributed by atoms with van der Waals surface area (Å²) in [6.07, 6.45) is 2.46. The molecule has 0 aliphatic carbocycles. The van der Waals surface area contributed by atoms with E-state index < -0.39 is 15.8 Å². The molecule has 8 heteroatoms. The van der Waals surface area contributed by atoms with E-state index in [1.54, 1.807) is 12.1 Å². The Hall–Kier alpha value is -2.32. The molecule has 0 unspecified atom stereocenters. The van der Waals surface area contributed by atoms with Gasteiger partial charge in [0.1, 0.15) is 11.6 Å². The number of sulfonamides is 1. The van der Waals surface area contributed by atoms with Gasteiger partial charge in [-0.15, -0.1) is 0 Å². The molecule has 1 heterocycles. The normalized spacial score (nSPS) is 15.8. The monoisotopic (exact) mass is 436 g/mol. The van der Waals surface area contributed by atoms with Gasteiger partial charge in [0.25, 0.3) is 0 Å². The number of carbonyl (C=O) groups is 1. The number of carbonyl (C=O) groups excluding carboxylic acids is 1. The van der Waals surface area contributed by atoms with Crippen molar-refractivity contribution in [2.24, 2.45) is 5.92 Å². The SMILES string of the molecule is O=C(NCCCc1ccc(F)cc1)C1CCN(S(=O)(=O)Cc2ccc(F)cc2)CC1. The van der Waals surface area contributed by atoms with E-state index in [4.69, 9.17) is 0 Å². The molecule has 1 fully saturated rings. The number of hydrogen-bond donors (Lipinski definition) is 1. The van der Waals surface area contributed by atoms with Crippen LogP contribution in [0.25, 0.3) is 0 Å². The zero-order valence-electron chi connectivity index (χ0n) is 16.7. The maximum absolute atomic E-state index is 13.0. The molecule has 0 radical (unpaired) electrons. The molecule has 0 aromatic heterocycles. The van der Waals surface area contributed by atoms with Crippen LogP contribution in [0, 0.1) is 17.6 Å². The number of piperidine rings is 1. The smallest absolute Gasteiger partial charge is 0.223 e. The Bertz CT molecular complexity index is 939. The van der Waals surface area contributed by atoms with E-state index in [1.807, 2.05) is 0 Å². The van der Waals surface area contributed by atoms with E-state index >= 15 is 0 Å². The summed E-state index contributed by atoms with van der Waals surface area (Å²) >= 11 is 0. The van der Waals surface area contributed by atoms with Gasteiger partial charge in [0.05, 0.1) is 5.75 Å². The van der Waals surface area contributed by atoms with E-state index in [2.05, 4.69) is 5.32 Å². The van der Waals surface area contributed by atoms with Crippen molar-refractivity contribution < 1.29 is 22.0 Å². The summed E-state index contributed by atoms with van der Waals surface area (Å²) in [7, 11) is -3.50. The first-order valence-electron chi connectivity index (χ1n) is 10.1. The number of hydrogen-bond acceptors (Lipinski definition) is 3. The summed E-state index contributed by atoms with van der Waals surface area (Å²) in [5.74, 6) is -1.09. The predicted molar refractivity (Wildman–Crippen MR) is 111 cm³/mol. The quantitative estimate of drug-likeness (QED) is 0.646. The van der Waals surface area contributed by atoms with Gasteiger partial charge in [0, 0.05) is 25.6 Å². The van der Waals surface area contributed by atoms with Gasteiger partial charge >= 0.3 is 0 Å². The highest BCUT2D eigenvalue weighted by molar-refractivity contribution is 7.88. The van der Waals surface area contributed by atoms with Gasteiger partial charge in [-0.05, 0) is 61.1 Å². The van der Waals surface area contributed by atoms with Gasteiger partial charge in [0.2, 0.25) is 15.9 Å². The largest absolute Gasteiger partial charge is 0.356 e. The van der Waals surface area contributed by atoms with Crippen molar-refractivity contribution in [3.8, 4) is 0 Å². The van der Waals surface area contributed by atoms with Crippen LogP contribution in [0.1, 0.15) is 30.4 Å². The summed E-state index contributed by atoms with van der Waals surface area (Å²) < 4.78 is 52.5. The predicted octanol–water partition coefficient (Wildman–Crippen LogP) is 3.26. The zero-order chi connectivity index (χ0) is 21.6. The highest BCUT2D eigenvalue weighted by atomic mass is 32.2. The second-order valence-electron chi connectivity index (χ2n) is 7.58. The van der Waals surface area contributed by atoms with Crippen molar-refractivity contribution in [3.05, 3.63) is 71.3 Å². The van der Waals surface area contributed by atoms with Crippen LogP contribution in [0.5, 0.6) is 0 Å². The lowest BCUT2D eigenvalue weighted by Gasteiger charge is -2.30. The molecule has 162 valence electrons. The van der Waals surface area contributed by atoms with Gasteiger partial charge in [0.15, 0.2) is 0 Å². The zero-order valence-corrected chi connectivity index (χ0v) is 17.5. The molecule has 0 spiro atoms. The molecule has 1 aliphatic heterocycles. The van der Waals surface area contributed by atoms with E-state index in [9.17, 15) is 22.0 Å². The summed E-state index contributed by atoms with van der Waals surface area (Å²) in [6, 6.07) is 11.8. The average molecular weight is 437 g/mol. The molecule has 0 atom stereocenters. The third kappa shape index (κ3) is 6.34. The third-order valence-corrected chi connectivity index (χ3v) is 7.19. The molecule has 1 aliphatic rings. The Balaban J connectivity index is 1.40. The minimum absolute atomic E-state index is 0.0512. The van der Waals surface area contributed by atoms with Crippen LogP contribution in [0.4, 0.5) is 8.78 Å². The van der Waals surface area contributed by atoms with Crippen LogP contribution < -0.4 is 5.32 Å². The first kappa shape index (κ1) is 22.4. The van der Waals surface area contributed by atoms with E-state index in [0.717, 1.165) is 18.4 Å². The fourth-order valence-corrected chi connectivity index (χ4v) is 5.14. The highest BCUT2D eigenvalue weighted by Crippen LogP contribution is 2.22. The summed E-state index contributed by atoms with van der Waals surface area (Å²) in [5, 5.41) is 2.92. The number of halogens is 2. The van der Waals surface area contributed by atoms with Gasteiger partial charge in [-0.2, -0.15) is 0 Å². The number of aryl methyl sites for hydroxylation is 1. The molecular formula is C22H26F2N2O3S. The van der Waals surface area contributed by atoms with Crippen molar-refractivity contribution in [1.29, 1.82) is 0 Å². The topological polar surface area (TPSA) is 66.5 Å².